The van der Waals surface area contributed by atoms with Crippen LogP contribution >= 0.6 is 0 Å². The summed E-state index contributed by atoms with van der Waals surface area (Å²) in [6.45, 7) is 0. The Hall–Kier alpha value is -3.93. The minimum atomic E-state index is -0.421. The monoisotopic (exact) mass is 387 g/mol. The Bertz CT molecular complexity index is 1170. The molecule has 0 fully saturated rings. The van der Waals surface area contributed by atoms with Gasteiger partial charge in [0.1, 0.15) is 0 Å². The molecule has 0 aromatic heterocycles. The highest BCUT2D eigenvalue weighted by atomic mass is 16.5. The van der Waals surface area contributed by atoms with Crippen LogP contribution in [-0.4, -0.2) is 31.7 Å². The SMILES string of the molecule is COc1cccc(C(=O)Nc2ccc3c(c2)C(=O)c2ccccc2C3=O)c1OC. The zero-order valence-corrected chi connectivity index (χ0v) is 15.8. The van der Waals surface area contributed by atoms with Crippen LogP contribution < -0.4 is 14.8 Å². The first kappa shape index (κ1) is 18.4. The molecular weight excluding hydrogens is 370 g/mol. The van der Waals surface area contributed by atoms with E-state index in [1.165, 1.54) is 20.3 Å². The molecule has 1 aliphatic carbocycles. The lowest BCUT2D eigenvalue weighted by Gasteiger charge is -2.18. The van der Waals surface area contributed by atoms with Crippen molar-refractivity contribution in [1.82, 2.24) is 0 Å². The van der Waals surface area contributed by atoms with Crippen molar-refractivity contribution in [1.29, 1.82) is 0 Å². The fraction of sp³-hybridized carbons (Fsp3) is 0.0870. The molecule has 0 saturated carbocycles. The average molecular weight is 387 g/mol. The van der Waals surface area contributed by atoms with Gasteiger partial charge in [-0.3, -0.25) is 14.4 Å². The fourth-order valence-electron chi connectivity index (χ4n) is 3.44. The summed E-state index contributed by atoms with van der Waals surface area (Å²) in [5, 5.41) is 2.76. The molecule has 144 valence electrons. The Labute approximate surface area is 167 Å². The molecule has 0 radical (unpaired) electrons. The molecule has 0 bridgehead atoms. The summed E-state index contributed by atoms with van der Waals surface area (Å²) < 4.78 is 10.5. The summed E-state index contributed by atoms with van der Waals surface area (Å²) in [5.41, 5.74) is 2.04. The van der Waals surface area contributed by atoms with E-state index in [4.69, 9.17) is 9.47 Å². The van der Waals surface area contributed by atoms with Gasteiger partial charge in [0.25, 0.3) is 5.91 Å². The summed E-state index contributed by atoms with van der Waals surface area (Å²) in [5.74, 6) is -0.128. The van der Waals surface area contributed by atoms with Gasteiger partial charge < -0.3 is 14.8 Å². The molecular formula is C23H17NO5. The number of fused-ring (bicyclic) bond motifs is 2. The minimum Gasteiger partial charge on any atom is -0.493 e. The number of para-hydroxylation sites is 1. The van der Waals surface area contributed by atoms with Gasteiger partial charge in [0, 0.05) is 27.9 Å². The summed E-state index contributed by atoms with van der Waals surface area (Å²) in [6.07, 6.45) is 0. The van der Waals surface area contributed by atoms with Gasteiger partial charge in [-0.2, -0.15) is 0 Å². The van der Waals surface area contributed by atoms with Gasteiger partial charge >= 0.3 is 0 Å². The predicted molar refractivity (Wildman–Crippen MR) is 107 cm³/mol. The third kappa shape index (κ3) is 3.04. The molecule has 6 heteroatoms. The van der Waals surface area contributed by atoms with Crippen LogP contribution in [0, 0.1) is 0 Å². The topological polar surface area (TPSA) is 81.7 Å². The van der Waals surface area contributed by atoms with Crippen LogP contribution in [0.3, 0.4) is 0 Å². The molecule has 1 aliphatic rings. The molecule has 3 aromatic carbocycles. The van der Waals surface area contributed by atoms with Crippen LogP contribution in [0.15, 0.2) is 60.7 Å². The van der Waals surface area contributed by atoms with Crippen LogP contribution in [-0.2, 0) is 0 Å². The number of nitrogens with one attached hydrogen (secondary N) is 1. The van der Waals surface area contributed by atoms with E-state index in [-0.39, 0.29) is 22.7 Å². The number of carbonyl (C=O) groups is 3. The Morgan fingerprint density at radius 1 is 0.759 bits per heavy atom. The molecule has 6 nitrogen and oxygen atoms in total. The first-order chi connectivity index (χ1) is 14.0. The first-order valence-electron chi connectivity index (χ1n) is 8.90. The lowest BCUT2D eigenvalue weighted by molar-refractivity contribution is 0.0979. The molecule has 0 heterocycles. The molecule has 0 spiro atoms. The van der Waals surface area contributed by atoms with Gasteiger partial charge in [-0.25, -0.2) is 0 Å². The average Bonchev–Trinajstić information content (AvgIpc) is 2.76. The molecule has 29 heavy (non-hydrogen) atoms. The largest absolute Gasteiger partial charge is 0.493 e. The zero-order chi connectivity index (χ0) is 20.5. The second-order valence-corrected chi connectivity index (χ2v) is 6.46. The number of amides is 1. The molecule has 3 aromatic rings. The second kappa shape index (κ2) is 7.24. The van der Waals surface area contributed by atoms with E-state index < -0.39 is 5.91 Å². The van der Waals surface area contributed by atoms with Crippen molar-refractivity contribution in [2.75, 3.05) is 19.5 Å². The van der Waals surface area contributed by atoms with Crippen molar-refractivity contribution in [3.63, 3.8) is 0 Å². The van der Waals surface area contributed by atoms with Crippen LogP contribution in [0.25, 0.3) is 0 Å². The Balaban J connectivity index is 1.68. The zero-order valence-electron chi connectivity index (χ0n) is 15.8. The number of rotatable bonds is 4. The molecule has 1 N–H and O–H groups in total. The number of anilines is 1. The molecule has 0 atom stereocenters. The highest BCUT2D eigenvalue weighted by Gasteiger charge is 2.29. The highest BCUT2D eigenvalue weighted by Crippen LogP contribution is 2.32. The first-order valence-corrected chi connectivity index (χ1v) is 8.90. The number of hydrogen-bond acceptors (Lipinski definition) is 5. The van der Waals surface area contributed by atoms with E-state index in [9.17, 15) is 14.4 Å². The van der Waals surface area contributed by atoms with E-state index >= 15 is 0 Å². The van der Waals surface area contributed by atoms with Crippen LogP contribution in [0.1, 0.15) is 42.2 Å². The summed E-state index contributed by atoms with van der Waals surface area (Å²) >= 11 is 0. The van der Waals surface area contributed by atoms with Gasteiger partial charge in [0.15, 0.2) is 23.1 Å². The molecule has 1 amide bonds. The standard InChI is InChI=1S/C23H17NO5/c1-28-19-9-5-8-17(22(19)29-2)23(27)24-13-10-11-16-18(12-13)21(26)15-7-4-3-6-14(15)20(16)25/h3-12H,1-2H3,(H,24,27). The highest BCUT2D eigenvalue weighted by molar-refractivity contribution is 6.28. The van der Waals surface area contributed by atoms with E-state index in [0.29, 0.717) is 33.9 Å². The Morgan fingerprint density at radius 2 is 1.41 bits per heavy atom. The van der Waals surface area contributed by atoms with Gasteiger partial charge in [-0.05, 0) is 30.3 Å². The predicted octanol–water partition coefficient (Wildman–Crippen LogP) is 3.73. The third-order valence-corrected chi connectivity index (χ3v) is 4.83. The van der Waals surface area contributed by atoms with Crippen molar-refractivity contribution < 1.29 is 23.9 Å². The Kier molecular flexibility index (Phi) is 4.60. The summed E-state index contributed by atoms with van der Waals surface area (Å²) in [4.78, 5) is 38.3. The van der Waals surface area contributed by atoms with E-state index in [1.807, 2.05) is 0 Å². The second-order valence-electron chi connectivity index (χ2n) is 6.46. The molecule has 0 saturated heterocycles. The number of ether oxygens (including phenoxy) is 2. The number of ketones is 2. The van der Waals surface area contributed by atoms with Gasteiger partial charge in [-0.1, -0.05) is 30.3 Å². The fourth-order valence-corrected chi connectivity index (χ4v) is 3.44. The number of methoxy groups -OCH3 is 2. The maximum atomic E-state index is 12.8. The van der Waals surface area contributed by atoms with Crippen LogP contribution in [0.5, 0.6) is 11.5 Å². The number of benzene rings is 3. The summed E-state index contributed by atoms with van der Waals surface area (Å²) in [7, 11) is 2.94. The van der Waals surface area contributed by atoms with E-state index in [2.05, 4.69) is 5.32 Å². The molecule has 0 aliphatic heterocycles. The van der Waals surface area contributed by atoms with Crippen molar-refractivity contribution in [2.45, 2.75) is 0 Å². The lowest BCUT2D eigenvalue weighted by atomic mass is 9.84. The lowest BCUT2D eigenvalue weighted by Crippen LogP contribution is -2.21. The van der Waals surface area contributed by atoms with Crippen LogP contribution in [0.4, 0.5) is 5.69 Å². The van der Waals surface area contributed by atoms with Crippen molar-refractivity contribution in [2.24, 2.45) is 0 Å². The van der Waals surface area contributed by atoms with E-state index in [1.54, 1.807) is 54.6 Å². The van der Waals surface area contributed by atoms with Gasteiger partial charge in [-0.15, -0.1) is 0 Å². The quantitative estimate of drug-likeness (QED) is 0.577. The van der Waals surface area contributed by atoms with E-state index in [0.717, 1.165) is 0 Å². The third-order valence-electron chi connectivity index (χ3n) is 4.83. The maximum absolute atomic E-state index is 12.8. The minimum absolute atomic E-state index is 0.206. The van der Waals surface area contributed by atoms with Gasteiger partial charge in [0.05, 0.1) is 19.8 Å². The van der Waals surface area contributed by atoms with Crippen molar-refractivity contribution in [3.05, 3.63) is 88.5 Å². The van der Waals surface area contributed by atoms with Crippen molar-refractivity contribution in [3.8, 4) is 11.5 Å². The number of hydrogen-bond donors (Lipinski definition) is 1. The Morgan fingerprint density at radius 3 is 2.07 bits per heavy atom. The van der Waals surface area contributed by atoms with Gasteiger partial charge in [0.2, 0.25) is 0 Å². The molecule has 0 unspecified atom stereocenters. The van der Waals surface area contributed by atoms with Crippen LogP contribution in [0.2, 0.25) is 0 Å². The number of carbonyl (C=O) groups excluding carboxylic acids is 3. The smallest absolute Gasteiger partial charge is 0.259 e. The molecule has 4 rings (SSSR count). The van der Waals surface area contributed by atoms with Crippen molar-refractivity contribution >= 4 is 23.2 Å². The summed E-state index contributed by atoms with van der Waals surface area (Å²) in [6, 6.07) is 16.4. The maximum Gasteiger partial charge on any atom is 0.259 e. The normalized spacial score (nSPS) is 12.1.